The Bertz CT molecular complexity index is 702. The Morgan fingerprint density at radius 1 is 1.21 bits per heavy atom. The van der Waals surface area contributed by atoms with Crippen molar-refractivity contribution in [3.8, 4) is 0 Å². The molecule has 0 saturated carbocycles. The molecule has 2 rings (SSSR count). The number of alkyl halides is 2. The molecule has 0 aliphatic heterocycles. The molecular formula is C16H15F4N3O. The molecule has 1 amide bonds. The highest BCUT2D eigenvalue weighted by Gasteiger charge is 2.21. The fraction of sp³-hybridized carbons (Fsp3) is 0.250. The molecule has 0 aliphatic rings. The summed E-state index contributed by atoms with van der Waals surface area (Å²) in [6, 6.07) is 4.29. The number of likely N-dealkylation sites (N-methyl/N-ethyl adjacent to an activating group) is 1. The van der Waals surface area contributed by atoms with Gasteiger partial charge in [0.25, 0.3) is 6.43 Å². The molecule has 0 spiro atoms. The van der Waals surface area contributed by atoms with Crippen LogP contribution in [0.5, 0.6) is 0 Å². The fourth-order valence-corrected chi connectivity index (χ4v) is 2.17. The number of carbonyl (C=O) groups is 1. The van der Waals surface area contributed by atoms with Crippen molar-refractivity contribution in [3.63, 3.8) is 0 Å². The maximum Gasteiger partial charge on any atom is 0.280 e. The topological polar surface area (TPSA) is 59.2 Å². The van der Waals surface area contributed by atoms with Crippen LogP contribution in [0.4, 0.5) is 23.2 Å². The van der Waals surface area contributed by atoms with E-state index in [1.165, 1.54) is 13.1 Å². The monoisotopic (exact) mass is 341 g/mol. The number of hydrogen-bond acceptors (Lipinski definition) is 3. The Morgan fingerprint density at radius 3 is 2.33 bits per heavy atom. The second kappa shape index (κ2) is 7.39. The number of aromatic nitrogens is 1. The lowest BCUT2D eigenvalue weighted by Gasteiger charge is -2.21. The number of benzene rings is 1. The molecule has 128 valence electrons. The molecule has 0 radical (unpaired) electrons. The zero-order chi connectivity index (χ0) is 17.9. The van der Waals surface area contributed by atoms with Crippen LogP contribution in [0, 0.1) is 11.6 Å². The summed E-state index contributed by atoms with van der Waals surface area (Å²) in [5.74, 6) is -2.05. The average molecular weight is 341 g/mol. The third kappa shape index (κ3) is 4.29. The van der Waals surface area contributed by atoms with E-state index in [0.717, 1.165) is 35.4 Å². The van der Waals surface area contributed by atoms with Crippen LogP contribution in [-0.4, -0.2) is 24.0 Å². The van der Waals surface area contributed by atoms with Gasteiger partial charge < -0.3 is 10.6 Å². The van der Waals surface area contributed by atoms with Crippen molar-refractivity contribution in [2.45, 2.75) is 18.9 Å². The van der Waals surface area contributed by atoms with Gasteiger partial charge in [0.05, 0.1) is 17.9 Å². The van der Waals surface area contributed by atoms with Gasteiger partial charge in [-0.3, -0.25) is 9.78 Å². The van der Waals surface area contributed by atoms with Crippen LogP contribution in [0.2, 0.25) is 0 Å². The Labute approximate surface area is 135 Å². The molecule has 2 N–H and O–H groups in total. The summed E-state index contributed by atoms with van der Waals surface area (Å²) in [5, 5.41) is 0. The molecule has 1 aromatic heterocycles. The largest absolute Gasteiger partial charge is 0.320 e. The van der Waals surface area contributed by atoms with Gasteiger partial charge in [-0.1, -0.05) is 0 Å². The van der Waals surface area contributed by atoms with E-state index in [9.17, 15) is 22.4 Å². The molecular weight excluding hydrogens is 326 g/mol. The smallest absolute Gasteiger partial charge is 0.280 e. The van der Waals surface area contributed by atoms with Crippen LogP contribution in [0.3, 0.4) is 0 Å². The Balaban J connectivity index is 2.08. The number of amides is 1. The summed E-state index contributed by atoms with van der Waals surface area (Å²) >= 11 is 0. The molecule has 0 unspecified atom stereocenters. The summed E-state index contributed by atoms with van der Waals surface area (Å²) in [5.41, 5.74) is 5.91. The zero-order valence-corrected chi connectivity index (χ0v) is 12.7. The first kappa shape index (κ1) is 17.9. The highest BCUT2D eigenvalue weighted by molar-refractivity contribution is 5.96. The van der Waals surface area contributed by atoms with Gasteiger partial charge >= 0.3 is 0 Å². The van der Waals surface area contributed by atoms with Crippen LogP contribution in [-0.2, 0) is 11.2 Å². The van der Waals surface area contributed by atoms with Crippen LogP contribution >= 0.6 is 0 Å². The molecule has 0 fully saturated rings. The van der Waals surface area contributed by atoms with Crippen molar-refractivity contribution in [1.82, 2.24) is 4.98 Å². The number of carbonyl (C=O) groups excluding carboxylic acids is 1. The minimum atomic E-state index is -2.70. The van der Waals surface area contributed by atoms with Gasteiger partial charge in [0, 0.05) is 13.1 Å². The number of nitrogens with two attached hydrogens (primary N) is 1. The van der Waals surface area contributed by atoms with Crippen molar-refractivity contribution >= 4 is 11.6 Å². The predicted octanol–water partition coefficient (Wildman–Crippen LogP) is 2.83. The number of nitrogens with zero attached hydrogens (tertiary/aromatic N) is 2. The molecule has 0 aliphatic carbocycles. The first-order valence-electron chi connectivity index (χ1n) is 7.00. The predicted molar refractivity (Wildman–Crippen MR) is 80.6 cm³/mol. The number of halogens is 4. The van der Waals surface area contributed by atoms with Crippen LogP contribution in [0.1, 0.15) is 17.7 Å². The van der Waals surface area contributed by atoms with E-state index in [0.29, 0.717) is 0 Å². The highest BCUT2D eigenvalue weighted by Crippen LogP contribution is 2.20. The number of rotatable bonds is 5. The third-order valence-electron chi connectivity index (χ3n) is 3.41. The first-order valence-corrected chi connectivity index (χ1v) is 7.00. The average Bonchev–Trinajstić information content (AvgIpc) is 2.52. The van der Waals surface area contributed by atoms with Crippen molar-refractivity contribution in [3.05, 3.63) is 59.4 Å². The Morgan fingerprint density at radius 2 is 1.83 bits per heavy atom. The summed E-state index contributed by atoms with van der Waals surface area (Å²) in [4.78, 5) is 17.0. The Kier molecular flexibility index (Phi) is 5.50. The number of hydrogen-bond donors (Lipinski definition) is 1. The molecule has 1 aromatic carbocycles. The summed E-state index contributed by atoms with van der Waals surface area (Å²) < 4.78 is 51.3. The van der Waals surface area contributed by atoms with Crippen LogP contribution in [0.15, 0.2) is 36.5 Å². The minimum absolute atomic E-state index is 0.0690. The maximum atomic E-state index is 13.2. The van der Waals surface area contributed by atoms with E-state index in [4.69, 9.17) is 5.73 Å². The van der Waals surface area contributed by atoms with Gasteiger partial charge in [-0.25, -0.2) is 17.6 Å². The second-order valence-corrected chi connectivity index (χ2v) is 5.23. The number of anilines is 1. The standard InChI is InChI=1S/C16H15F4N3O/c1-23(12-2-3-14(15(19)20)22-8-12)16(24)13(21)6-9-4-10(17)7-11(18)5-9/h2-5,7-8,13,15H,6,21H2,1H3/t13-/m0/s1. The molecule has 1 heterocycles. The lowest BCUT2D eigenvalue weighted by Crippen LogP contribution is -2.43. The lowest BCUT2D eigenvalue weighted by atomic mass is 10.1. The quantitative estimate of drug-likeness (QED) is 0.851. The van der Waals surface area contributed by atoms with Gasteiger partial charge in [0.1, 0.15) is 17.3 Å². The van der Waals surface area contributed by atoms with Crippen molar-refractivity contribution < 1.29 is 22.4 Å². The Hall–Kier alpha value is -2.48. The zero-order valence-electron chi connectivity index (χ0n) is 12.7. The van der Waals surface area contributed by atoms with Crippen molar-refractivity contribution in [1.29, 1.82) is 0 Å². The highest BCUT2D eigenvalue weighted by atomic mass is 19.3. The second-order valence-electron chi connectivity index (χ2n) is 5.23. The summed E-state index contributed by atoms with van der Waals surface area (Å²) in [6.45, 7) is 0. The van der Waals surface area contributed by atoms with E-state index >= 15 is 0 Å². The van der Waals surface area contributed by atoms with Crippen molar-refractivity contribution in [2.75, 3.05) is 11.9 Å². The third-order valence-corrected chi connectivity index (χ3v) is 3.41. The maximum absolute atomic E-state index is 13.2. The SMILES string of the molecule is CN(C(=O)[C@@H](N)Cc1cc(F)cc(F)c1)c1ccc(C(F)F)nc1. The normalized spacial score (nSPS) is 12.3. The van der Waals surface area contributed by atoms with Gasteiger partial charge in [-0.15, -0.1) is 0 Å². The lowest BCUT2D eigenvalue weighted by molar-refractivity contribution is -0.119. The van der Waals surface area contributed by atoms with Crippen LogP contribution in [0.25, 0.3) is 0 Å². The minimum Gasteiger partial charge on any atom is -0.320 e. The summed E-state index contributed by atoms with van der Waals surface area (Å²) in [6.07, 6.45) is -1.64. The molecule has 0 saturated heterocycles. The molecule has 1 atom stereocenters. The van der Waals surface area contributed by atoms with E-state index in [-0.39, 0.29) is 17.7 Å². The van der Waals surface area contributed by atoms with Gasteiger partial charge in [-0.2, -0.15) is 0 Å². The molecule has 8 heteroatoms. The van der Waals surface area contributed by atoms with E-state index in [1.54, 1.807) is 0 Å². The molecule has 2 aromatic rings. The summed E-state index contributed by atoms with van der Waals surface area (Å²) in [7, 11) is 1.41. The molecule has 0 bridgehead atoms. The van der Waals surface area contributed by atoms with Crippen LogP contribution < -0.4 is 10.6 Å². The first-order chi connectivity index (χ1) is 11.3. The van der Waals surface area contributed by atoms with Gasteiger partial charge in [-0.05, 0) is 36.2 Å². The van der Waals surface area contributed by atoms with E-state index in [2.05, 4.69) is 4.98 Å². The van der Waals surface area contributed by atoms with Gasteiger partial charge in [0.2, 0.25) is 5.91 Å². The molecule has 24 heavy (non-hydrogen) atoms. The fourth-order valence-electron chi connectivity index (χ4n) is 2.17. The van der Waals surface area contributed by atoms with E-state index < -0.39 is 35.7 Å². The molecule has 4 nitrogen and oxygen atoms in total. The van der Waals surface area contributed by atoms with E-state index in [1.807, 2.05) is 0 Å². The van der Waals surface area contributed by atoms with Gasteiger partial charge in [0.15, 0.2) is 0 Å². The number of pyridine rings is 1. The van der Waals surface area contributed by atoms with Crippen molar-refractivity contribution in [2.24, 2.45) is 5.73 Å².